The molecule has 0 aromatic heterocycles. The van der Waals surface area contributed by atoms with E-state index in [4.69, 9.17) is 9.47 Å². The van der Waals surface area contributed by atoms with Crippen LogP contribution in [-0.4, -0.2) is 27.3 Å². The zero-order chi connectivity index (χ0) is 13.0. The number of hydrogen-bond donors (Lipinski definition) is 1. The van der Waals surface area contributed by atoms with Gasteiger partial charge in [-0.25, -0.2) is 0 Å². The van der Waals surface area contributed by atoms with Crippen molar-refractivity contribution in [2.45, 2.75) is 25.4 Å². The second-order valence-corrected chi connectivity index (χ2v) is 5.52. The summed E-state index contributed by atoms with van der Waals surface area (Å²) in [6.07, 6.45) is 2.48. The Bertz CT molecular complexity index is 403. The Labute approximate surface area is 117 Å². The van der Waals surface area contributed by atoms with Crippen LogP contribution in [0.3, 0.4) is 0 Å². The van der Waals surface area contributed by atoms with Crippen LogP contribution in [-0.2, 0) is 11.3 Å². The third-order valence-corrected chi connectivity index (χ3v) is 4.07. The zero-order valence-corrected chi connectivity index (χ0v) is 12.5. The first-order valence-electron chi connectivity index (χ1n) is 6.32. The topological polar surface area (TPSA) is 30.5 Å². The SMILES string of the molecule is COCc1cc(OC)c(Br)cc1C1CCCNC1. The van der Waals surface area contributed by atoms with E-state index < -0.39 is 0 Å². The lowest BCUT2D eigenvalue weighted by Gasteiger charge is -2.26. The number of rotatable bonds is 4. The maximum absolute atomic E-state index is 5.36. The van der Waals surface area contributed by atoms with Gasteiger partial charge < -0.3 is 14.8 Å². The second-order valence-electron chi connectivity index (χ2n) is 4.66. The first-order chi connectivity index (χ1) is 8.76. The van der Waals surface area contributed by atoms with Gasteiger partial charge in [0.05, 0.1) is 18.2 Å². The van der Waals surface area contributed by atoms with Crippen molar-refractivity contribution < 1.29 is 9.47 Å². The van der Waals surface area contributed by atoms with E-state index in [1.54, 1.807) is 14.2 Å². The minimum Gasteiger partial charge on any atom is -0.496 e. The molecule has 100 valence electrons. The van der Waals surface area contributed by atoms with E-state index in [-0.39, 0.29) is 0 Å². The Morgan fingerprint density at radius 3 is 2.83 bits per heavy atom. The van der Waals surface area contributed by atoms with Gasteiger partial charge in [-0.3, -0.25) is 0 Å². The number of methoxy groups -OCH3 is 2. The van der Waals surface area contributed by atoms with E-state index in [2.05, 4.69) is 33.4 Å². The van der Waals surface area contributed by atoms with Crippen LogP contribution in [0.5, 0.6) is 5.75 Å². The predicted molar refractivity (Wildman–Crippen MR) is 76.3 cm³/mol. The quantitative estimate of drug-likeness (QED) is 0.926. The molecule has 1 fully saturated rings. The van der Waals surface area contributed by atoms with E-state index in [0.717, 1.165) is 23.3 Å². The molecule has 1 saturated heterocycles. The highest BCUT2D eigenvalue weighted by Crippen LogP contribution is 2.34. The van der Waals surface area contributed by atoms with Gasteiger partial charge in [-0.05, 0) is 64.5 Å². The summed E-state index contributed by atoms with van der Waals surface area (Å²) in [7, 11) is 3.43. The van der Waals surface area contributed by atoms with Crippen LogP contribution in [0.4, 0.5) is 0 Å². The lowest BCUT2D eigenvalue weighted by atomic mass is 9.88. The first kappa shape index (κ1) is 13.8. The summed E-state index contributed by atoms with van der Waals surface area (Å²) < 4.78 is 11.7. The normalized spacial score (nSPS) is 19.8. The Morgan fingerprint density at radius 1 is 1.39 bits per heavy atom. The van der Waals surface area contributed by atoms with Gasteiger partial charge in [0.1, 0.15) is 5.75 Å². The number of ether oxygens (including phenoxy) is 2. The molecule has 3 nitrogen and oxygen atoms in total. The van der Waals surface area contributed by atoms with Crippen LogP contribution in [0.25, 0.3) is 0 Å². The molecule has 0 spiro atoms. The lowest BCUT2D eigenvalue weighted by Crippen LogP contribution is -2.29. The van der Waals surface area contributed by atoms with Crippen LogP contribution in [0.2, 0.25) is 0 Å². The molecule has 2 rings (SSSR count). The molecule has 1 aromatic rings. The molecule has 0 bridgehead atoms. The third-order valence-electron chi connectivity index (χ3n) is 3.45. The molecule has 1 unspecified atom stereocenters. The fourth-order valence-electron chi connectivity index (χ4n) is 2.55. The van der Waals surface area contributed by atoms with Crippen LogP contribution >= 0.6 is 15.9 Å². The highest BCUT2D eigenvalue weighted by atomic mass is 79.9. The van der Waals surface area contributed by atoms with Gasteiger partial charge >= 0.3 is 0 Å². The van der Waals surface area contributed by atoms with Gasteiger partial charge in [0.2, 0.25) is 0 Å². The molecule has 1 aliphatic heterocycles. The number of hydrogen-bond acceptors (Lipinski definition) is 3. The molecule has 0 radical (unpaired) electrons. The van der Waals surface area contributed by atoms with Crippen molar-refractivity contribution in [3.63, 3.8) is 0 Å². The Morgan fingerprint density at radius 2 is 2.22 bits per heavy atom. The van der Waals surface area contributed by atoms with Crippen molar-refractivity contribution in [3.8, 4) is 5.75 Å². The van der Waals surface area contributed by atoms with Crippen LogP contribution in [0.15, 0.2) is 16.6 Å². The fraction of sp³-hybridized carbons (Fsp3) is 0.571. The second kappa shape index (κ2) is 6.55. The minimum atomic E-state index is 0.575. The zero-order valence-electron chi connectivity index (χ0n) is 11.0. The number of halogens is 1. The third kappa shape index (κ3) is 3.05. The highest BCUT2D eigenvalue weighted by Gasteiger charge is 2.20. The molecular weight excluding hydrogens is 294 g/mol. The van der Waals surface area contributed by atoms with Crippen LogP contribution < -0.4 is 10.1 Å². The molecule has 0 amide bonds. The fourth-order valence-corrected chi connectivity index (χ4v) is 3.07. The predicted octanol–water partition coefficient (Wildman–Crippen LogP) is 3.07. The van der Waals surface area contributed by atoms with Gasteiger partial charge in [0, 0.05) is 13.7 Å². The maximum atomic E-state index is 5.36. The number of benzene rings is 1. The van der Waals surface area contributed by atoms with Crippen molar-refractivity contribution in [3.05, 3.63) is 27.7 Å². The summed E-state index contributed by atoms with van der Waals surface area (Å²) in [6.45, 7) is 2.82. The van der Waals surface area contributed by atoms with Gasteiger partial charge in [0.15, 0.2) is 0 Å². The van der Waals surface area contributed by atoms with E-state index in [0.29, 0.717) is 12.5 Å². The molecule has 1 heterocycles. The van der Waals surface area contributed by atoms with Crippen LogP contribution in [0.1, 0.15) is 29.9 Å². The molecular formula is C14H20BrNO2. The van der Waals surface area contributed by atoms with Gasteiger partial charge in [-0.1, -0.05) is 0 Å². The molecule has 1 aromatic carbocycles. The van der Waals surface area contributed by atoms with Crippen molar-refractivity contribution in [2.75, 3.05) is 27.3 Å². The summed E-state index contributed by atoms with van der Waals surface area (Å²) in [5, 5.41) is 3.46. The molecule has 1 N–H and O–H groups in total. The molecule has 4 heteroatoms. The van der Waals surface area contributed by atoms with E-state index in [9.17, 15) is 0 Å². The summed E-state index contributed by atoms with van der Waals surface area (Å²) in [5.74, 6) is 1.45. The van der Waals surface area contributed by atoms with Crippen molar-refractivity contribution in [1.29, 1.82) is 0 Å². The lowest BCUT2D eigenvalue weighted by molar-refractivity contribution is 0.183. The summed E-state index contributed by atoms with van der Waals surface area (Å²) in [4.78, 5) is 0. The highest BCUT2D eigenvalue weighted by molar-refractivity contribution is 9.10. The van der Waals surface area contributed by atoms with Crippen LogP contribution in [0, 0.1) is 0 Å². The monoisotopic (exact) mass is 313 g/mol. The van der Waals surface area contributed by atoms with E-state index in [1.807, 2.05) is 0 Å². The molecule has 18 heavy (non-hydrogen) atoms. The van der Waals surface area contributed by atoms with Crippen molar-refractivity contribution in [1.82, 2.24) is 5.32 Å². The summed E-state index contributed by atoms with van der Waals surface area (Å²) in [5.41, 5.74) is 2.60. The number of piperidine rings is 1. The first-order valence-corrected chi connectivity index (χ1v) is 7.11. The minimum absolute atomic E-state index is 0.575. The molecule has 0 saturated carbocycles. The molecule has 1 aliphatic rings. The Kier molecular flexibility index (Phi) is 5.03. The Hall–Kier alpha value is -0.580. The number of nitrogens with one attached hydrogen (secondary N) is 1. The van der Waals surface area contributed by atoms with E-state index in [1.165, 1.54) is 24.0 Å². The molecule has 1 atom stereocenters. The van der Waals surface area contributed by atoms with E-state index >= 15 is 0 Å². The van der Waals surface area contributed by atoms with Gasteiger partial charge in [-0.15, -0.1) is 0 Å². The maximum Gasteiger partial charge on any atom is 0.133 e. The largest absolute Gasteiger partial charge is 0.496 e. The summed E-state index contributed by atoms with van der Waals surface area (Å²) in [6, 6.07) is 4.27. The van der Waals surface area contributed by atoms with Crippen molar-refractivity contribution in [2.24, 2.45) is 0 Å². The average Bonchev–Trinajstić information content (AvgIpc) is 2.41. The summed E-state index contributed by atoms with van der Waals surface area (Å²) >= 11 is 3.57. The average molecular weight is 314 g/mol. The smallest absolute Gasteiger partial charge is 0.133 e. The molecule has 0 aliphatic carbocycles. The van der Waals surface area contributed by atoms with Gasteiger partial charge in [-0.2, -0.15) is 0 Å². The van der Waals surface area contributed by atoms with Gasteiger partial charge in [0.25, 0.3) is 0 Å². The standard InChI is InChI=1S/C14H20BrNO2/c1-17-9-11-6-14(18-2)13(15)7-12(11)10-4-3-5-16-8-10/h6-7,10,16H,3-5,8-9H2,1-2H3. The Balaban J connectivity index is 2.33. The van der Waals surface area contributed by atoms with Crippen molar-refractivity contribution >= 4 is 15.9 Å².